The van der Waals surface area contributed by atoms with Gasteiger partial charge in [-0.1, -0.05) is 30.3 Å². The molecule has 0 aliphatic rings. The zero-order valence-corrected chi connectivity index (χ0v) is 14.5. The van der Waals surface area contributed by atoms with E-state index in [0.29, 0.717) is 6.54 Å². The second kappa shape index (κ2) is 6.92. The van der Waals surface area contributed by atoms with Crippen LogP contribution in [-0.4, -0.2) is 28.1 Å². The molecule has 9 nitrogen and oxygen atoms in total. The van der Waals surface area contributed by atoms with Crippen molar-refractivity contribution in [1.29, 1.82) is 0 Å². The van der Waals surface area contributed by atoms with Gasteiger partial charge in [0.2, 0.25) is 0 Å². The fraction of sp³-hybridized carbons (Fsp3) is 0.125. The summed E-state index contributed by atoms with van der Waals surface area (Å²) >= 11 is 0. The number of benzene rings is 2. The van der Waals surface area contributed by atoms with Gasteiger partial charge in [0, 0.05) is 12.1 Å². The summed E-state index contributed by atoms with van der Waals surface area (Å²) in [5, 5.41) is 14.9. The number of nitrogens with zero attached hydrogens (tertiary/aromatic N) is 4. The molecule has 0 spiro atoms. The predicted molar refractivity (Wildman–Crippen MR) is 94.2 cm³/mol. The molecule has 0 amide bonds. The largest absolute Gasteiger partial charge is 0.270 e. The van der Waals surface area contributed by atoms with Gasteiger partial charge in [-0.15, -0.1) is 5.10 Å². The number of non-ortho nitro benzene ring substituents is 1. The van der Waals surface area contributed by atoms with E-state index in [4.69, 9.17) is 0 Å². The van der Waals surface area contributed by atoms with Crippen molar-refractivity contribution in [2.24, 2.45) is 0 Å². The number of hydrogen-bond acceptors (Lipinski definition) is 6. The number of hydrogen-bond donors (Lipinski definition) is 1. The lowest BCUT2D eigenvalue weighted by atomic mass is 10.1. The van der Waals surface area contributed by atoms with Crippen LogP contribution in [0.2, 0.25) is 0 Å². The summed E-state index contributed by atoms with van der Waals surface area (Å²) in [7, 11) is -4.03. The summed E-state index contributed by atoms with van der Waals surface area (Å²) in [6, 6.07) is 12.5. The summed E-state index contributed by atoms with van der Waals surface area (Å²) < 4.78 is 28.5. The Hall–Kier alpha value is -3.27. The lowest BCUT2D eigenvalue weighted by Gasteiger charge is -2.05. The van der Waals surface area contributed by atoms with E-state index in [1.165, 1.54) is 29.2 Å². The van der Waals surface area contributed by atoms with Gasteiger partial charge < -0.3 is 0 Å². The second-order valence-corrected chi connectivity index (χ2v) is 7.23. The summed E-state index contributed by atoms with van der Waals surface area (Å²) in [6.07, 6.45) is 1.41. The SMILES string of the molecule is Cc1ccccc1Cn1cnc(NS(=O)(=O)c2cccc([N+](=O)[O-])c2)n1. The van der Waals surface area contributed by atoms with Gasteiger partial charge in [-0.25, -0.2) is 17.8 Å². The van der Waals surface area contributed by atoms with E-state index in [-0.39, 0.29) is 16.5 Å². The number of anilines is 1. The highest BCUT2D eigenvalue weighted by atomic mass is 32.2. The van der Waals surface area contributed by atoms with E-state index < -0.39 is 14.9 Å². The van der Waals surface area contributed by atoms with Gasteiger partial charge in [-0.05, 0) is 24.1 Å². The van der Waals surface area contributed by atoms with Crippen LogP contribution in [0.25, 0.3) is 0 Å². The molecule has 0 fully saturated rings. The van der Waals surface area contributed by atoms with Crippen LogP contribution in [0.4, 0.5) is 11.6 Å². The highest BCUT2D eigenvalue weighted by Crippen LogP contribution is 2.19. The Kier molecular flexibility index (Phi) is 4.67. The molecule has 26 heavy (non-hydrogen) atoms. The minimum absolute atomic E-state index is 0.106. The molecule has 0 aliphatic carbocycles. The smallest absolute Gasteiger partial charge is 0.258 e. The van der Waals surface area contributed by atoms with E-state index in [1.807, 2.05) is 31.2 Å². The molecule has 1 heterocycles. The third-order valence-electron chi connectivity index (χ3n) is 3.69. The van der Waals surface area contributed by atoms with Crippen molar-refractivity contribution in [3.8, 4) is 0 Å². The average molecular weight is 373 g/mol. The number of nitro groups is 1. The van der Waals surface area contributed by atoms with Crippen LogP contribution < -0.4 is 4.72 Å². The number of aromatic nitrogens is 3. The first-order valence-electron chi connectivity index (χ1n) is 7.56. The molecular weight excluding hydrogens is 358 g/mol. The monoisotopic (exact) mass is 373 g/mol. The van der Waals surface area contributed by atoms with E-state index >= 15 is 0 Å². The Bertz CT molecular complexity index is 1060. The summed E-state index contributed by atoms with van der Waals surface area (Å²) in [5.74, 6) is -0.106. The van der Waals surface area contributed by atoms with E-state index in [0.717, 1.165) is 17.2 Å². The molecule has 0 atom stereocenters. The maximum absolute atomic E-state index is 12.4. The fourth-order valence-electron chi connectivity index (χ4n) is 2.32. The van der Waals surface area contributed by atoms with Gasteiger partial charge in [0.05, 0.1) is 16.4 Å². The molecule has 0 aliphatic heterocycles. The maximum Gasteiger partial charge on any atom is 0.270 e. The third kappa shape index (κ3) is 3.86. The molecule has 3 aromatic rings. The number of nitrogens with one attached hydrogen (secondary N) is 1. The molecule has 0 saturated heterocycles. The Morgan fingerprint density at radius 3 is 2.69 bits per heavy atom. The number of sulfonamides is 1. The van der Waals surface area contributed by atoms with E-state index in [2.05, 4.69) is 14.8 Å². The van der Waals surface area contributed by atoms with Gasteiger partial charge in [-0.2, -0.15) is 4.98 Å². The molecule has 0 saturated carbocycles. The van der Waals surface area contributed by atoms with Crippen molar-refractivity contribution in [2.75, 3.05) is 4.72 Å². The van der Waals surface area contributed by atoms with Gasteiger partial charge in [-0.3, -0.25) is 10.1 Å². The molecular formula is C16H15N5O4S. The van der Waals surface area contributed by atoms with Gasteiger partial charge in [0.1, 0.15) is 6.33 Å². The Morgan fingerprint density at radius 2 is 1.96 bits per heavy atom. The Morgan fingerprint density at radius 1 is 1.19 bits per heavy atom. The summed E-state index contributed by atoms with van der Waals surface area (Å²) in [6.45, 7) is 2.41. The highest BCUT2D eigenvalue weighted by molar-refractivity contribution is 7.92. The van der Waals surface area contributed by atoms with Crippen molar-refractivity contribution in [1.82, 2.24) is 14.8 Å². The first-order chi connectivity index (χ1) is 12.3. The Balaban J connectivity index is 1.79. The summed E-state index contributed by atoms with van der Waals surface area (Å²) in [4.78, 5) is 13.9. The lowest BCUT2D eigenvalue weighted by Crippen LogP contribution is -2.14. The molecule has 0 unspecified atom stereocenters. The van der Waals surface area contributed by atoms with Crippen LogP contribution >= 0.6 is 0 Å². The quantitative estimate of drug-likeness (QED) is 0.523. The highest BCUT2D eigenvalue weighted by Gasteiger charge is 2.19. The topological polar surface area (TPSA) is 120 Å². The molecule has 3 rings (SSSR count). The van der Waals surface area contributed by atoms with E-state index in [1.54, 1.807) is 0 Å². The van der Waals surface area contributed by atoms with Gasteiger partial charge in [0.25, 0.3) is 21.7 Å². The van der Waals surface area contributed by atoms with Crippen LogP contribution in [0.15, 0.2) is 59.8 Å². The second-order valence-electron chi connectivity index (χ2n) is 5.55. The normalized spacial score (nSPS) is 11.3. The third-order valence-corrected chi connectivity index (χ3v) is 5.02. The van der Waals surface area contributed by atoms with Crippen LogP contribution in [0.3, 0.4) is 0 Å². The van der Waals surface area contributed by atoms with Crippen LogP contribution in [0.5, 0.6) is 0 Å². The lowest BCUT2D eigenvalue weighted by molar-refractivity contribution is -0.385. The molecule has 1 N–H and O–H groups in total. The predicted octanol–water partition coefficient (Wildman–Crippen LogP) is 2.34. The first-order valence-corrected chi connectivity index (χ1v) is 9.05. The molecule has 10 heteroatoms. The minimum Gasteiger partial charge on any atom is -0.258 e. The van der Waals surface area contributed by atoms with Crippen molar-refractivity contribution in [3.05, 3.63) is 76.1 Å². The number of aryl methyl sites for hydroxylation is 1. The van der Waals surface area contributed by atoms with Crippen LogP contribution in [0.1, 0.15) is 11.1 Å². The molecule has 1 aromatic heterocycles. The van der Waals surface area contributed by atoms with Crippen LogP contribution in [-0.2, 0) is 16.6 Å². The van der Waals surface area contributed by atoms with Crippen molar-refractivity contribution in [2.45, 2.75) is 18.4 Å². The summed E-state index contributed by atoms with van der Waals surface area (Å²) in [5.41, 5.74) is 1.80. The zero-order chi connectivity index (χ0) is 18.7. The Labute approximate surface area is 149 Å². The zero-order valence-electron chi connectivity index (χ0n) is 13.7. The molecule has 0 radical (unpaired) electrons. The van der Waals surface area contributed by atoms with Crippen molar-refractivity contribution < 1.29 is 13.3 Å². The number of nitro benzene ring substituents is 1. The first kappa shape index (κ1) is 17.5. The van der Waals surface area contributed by atoms with Crippen molar-refractivity contribution >= 4 is 21.7 Å². The van der Waals surface area contributed by atoms with E-state index in [9.17, 15) is 18.5 Å². The molecule has 134 valence electrons. The molecule has 0 bridgehead atoms. The maximum atomic E-state index is 12.4. The molecule has 2 aromatic carbocycles. The fourth-order valence-corrected chi connectivity index (χ4v) is 3.31. The van der Waals surface area contributed by atoms with Crippen LogP contribution in [0, 0.1) is 17.0 Å². The number of rotatable bonds is 6. The average Bonchev–Trinajstić information content (AvgIpc) is 3.03. The minimum atomic E-state index is -4.03. The van der Waals surface area contributed by atoms with Gasteiger partial charge >= 0.3 is 0 Å². The van der Waals surface area contributed by atoms with Crippen molar-refractivity contribution in [3.63, 3.8) is 0 Å². The standard InChI is InChI=1S/C16H15N5O4S/c1-12-5-2-3-6-13(12)10-20-11-17-16(18-20)19-26(24,25)15-8-4-7-14(9-15)21(22)23/h2-9,11H,10H2,1H3,(H,18,19). The van der Waals surface area contributed by atoms with Gasteiger partial charge in [0.15, 0.2) is 0 Å².